The molecule has 3 rings (SSSR count). The molecule has 0 saturated heterocycles. The second-order valence-corrected chi connectivity index (χ2v) is 7.47. The van der Waals surface area contributed by atoms with Crippen LogP contribution in [-0.4, -0.2) is 25.9 Å². The summed E-state index contributed by atoms with van der Waals surface area (Å²) >= 11 is 7.70. The zero-order chi connectivity index (χ0) is 16.4. The van der Waals surface area contributed by atoms with Gasteiger partial charge < -0.3 is 5.73 Å². The third kappa shape index (κ3) is 3.38. The lowest BCUT2D eigenvalue weighted by Crippen LogP contribution is -2.23. The van der Waals surface area contributed by atoms with Crippen LogP contribution in [0.2, 0.25) is 5.02 Å². The second kappa shape index (κ2) is 6.93. The highest BCUT2D eigenvalue weighted by Gasteiger charge is 2.27. The molecule has 0 aliphatic heterocycles. The Balaban J connectivity index is 2.04. The average Bonchev–Trinajstić information content (AvgIpc) is 3.16. The minimum absolute atomic E-state index is 0.346. The lowest BCUT2D eigenvalue weighted by atomic mass is 10.2. The highest BCUT2D eigenvalue weighted by molar-refractivity contribution is 8.00. The largest absolute Gasteiger partial charge is 0.369 e. The quantitative estimate of drug-likeness (QED) is 0.835. The first-order valence-electron chi connectivity index (χ1n) is 7.73. The van der Waals surface area contributed by atoms with E-state index in [1.807, 2.05) is 24.3 Å². The second-order valence-electron chi connectivity index (χ2n) is 5.76. The fourth-order valence-electron chi connectivity index (χ4n) is 2.89. The number of benzene rings is 1. The molecule has 1 atom stereocenters. The van der Waals surface area contributed by atoms with Gasteiger partial charge in [0.2, 0.25) is 5.91 Å². The highest BCUT2D eigenvalue weighted by atomic mass is 35.5. The number of nitrogens with zero attached hydrogens (tertiary/aromatic N) is 3. The van der Waals surface area contributed by atoms with Crippen molar-refractivity contribution in [1.29, 1.82) is 0 Å². The summed E-state index contributed by atoms with van der Waals surface area (Å²) in [6, 6.07) is 7.98. The maximum Gasteiger partial charge on any atom is 0.230 e. The van der Waals surface area contributed by atoms with Crippen LogP contribution in [-0.2, 0) is 4.79 Å². The molecule has 0 bridgehead atoms. The SMILES string of the molecule is CC(Sc1nnc(-c2ccccc2Cl)n1C1CCCC1)C(N)=O. The van der Waals surface area contributed by atoms with Crippen molar-refractivity contribution in [3.8, 4) is 11.4 Å². The monoisotopic (exact) mass is 350 g/mol. The molecular weight excluding hydrogens is 332 g/mol. The van der Waals surface area contributed by atoms with Gasteiger partial charge in [0, 0.05) is 11.6 Å². The summed E-state index contributed by atoms with van der Waals surface area (Å²) in [5, 5.41) is 9.71. The minimum Gasteiger partial charge on any atom is -0.369 e. The van der Waals surface area contributed by atoms with E-state index < -0.39 is 0 Å². The van der Waals surface area contributed by atoms with Gasteiger partial charge >= 0.3 is 0 Å². The first-order valence-corrected chi connectivity index (χ1v) is 8.99. The van der Waals surface area contributed by atoms with Crippen LogP contribution in [0.25, 0.3) is 11.4 Å². The molecule has 1 aromatic carbocycles. The predicted octanol–water partition coefficient (Wildman–Crippen LogP) is 3.68. The third-order valence-electron chi connectivity index (χ3n) is 4.15. The molecule has 2 N–H and O–H groups in total. The van der Waals surface area contributed by atoms with E-state index in [2.05, 4.69) is 14.8 Å². The Morgan fingerprint density at radius 1 is 1.35 bits per heavy atom. The van der Waals surface area contributed by atoms with Gasteiger partial charge in [0.25, 0.3) is 0 Å². The van der Waals surface area contributed by atoms with Crippen LogP contribution in [0.1, 0.15) is 38.6 Å². The van der Waals surface area contributed by atoms with Crippen molar-refractivity contribution in [2.24, 2.45) is 5.73 Å². The molecule has 23 heavy (non-hydrogen) atoms. The molecule has 0 radical (unpaired) electrons. The van der Waals surface area contributed by atoms with E-state index in [-0.39, 0.29) is 11.2 Å². The van der Waals surface area contributed by atoms with Crippen LogP contribution in [0.3, 0.4) is 0 Å². The number of rotatable bonds is 5. The van der Waals surface area contributed by atoms with Gasteiger partial charge in [-0.1, -0.05) is 48.3 Å². The number of hydrogen-bond acceptors (Lipinski definition) is 4. The van der Waals surface area contributed by atoms with E-state index in [0.29, 0.717) is 11.1 Å². The fourth-order valence-corrected chi connectivity index (χ4v) is 3.98. The van der Waals surface area contributed by atoms with Crippen LogP contribution in [0, 0.1) is 0 Å². The Kier molecular flexibility index (Phi) is 4.92. The minimum atomic E-state index is -0.352. The van der Waals surface area contributed by atoms with Gasteiger partial charge in [0.05, 0.1) is 10.3 Å². The van der Waals surface area contributed by atoms with Gasteiger partial charge in [-0.05, 0) is 31.9 Å². The zero-order valence-corrected chi connectivity index (χ0v) is 14.5. The third-order valence-corrected chi connectivity index (χ3v) is 5.56. The molecule has 1 aromatic heterocycles. The molecule has 0 spiro atoms. The van der Waals surface area contributed by atoms with Crippen molar-refractivity contribution < 1.29 is 4.79 Å². The van der Waals surface area contributed by atoms with E-state index in [1.54, 1.807) is 6.92 Å². The molecule has 1 aliphatic rings. The van der Waals surface area contributed by atoms with E-state index in [1.165, 1.54) is 24.6 Å². The highest BCUT2D eigenvalue weighted by Crippen LogP contribution is 2.38. The smallest absolute Gasteiger partial charge is 0.230 e. The first-order chi connectivity index (χ1) is 11.1. The van der Waals surface area contributed by atoms with E-state index in [0.717, 1.165) is 29.4 Å². The van der Waals surface area contributed by atoms with Crippen molar-refractivity contribution in [3.05, 3.63) is 29.3 Å². The summed E-state index contributed by atoms with van der Waals surface area (Å²) in [5.41, 5.74) is 6.26. The molecule has 1 heterocycles. The summed E-state index contributed by atoms with van der Waals surface area (Å²) in [6.07, 6.45) is 4.57. The molecular formula is C16H19ClN4OS. The molecule has 122 valence electrons. The molecule has 1 unspecified atom stereocenters. The number of amides is 1. The van der Waals surface area contributed by atoms with Crippen molar-refractivity contribution in [2.75, 3.05) is 0 Å². The molecule has 1 amide bonds. The molecule has 1 fully saturated rings. The molecule has 1 saturated carbocycles. The van der Waals surface area contributed by atoms with Crippen molar-refractivity contribution >= 4 is 29.3 Å². The average molecular weight is 351 g/mol. The number of halogens is 1. The number of carbonyl (C=O) groups is 1. The van der Waals surface area contributed by atoms with Crippen LogP contribution in [0.4, 0.5) is 0 Å². The Morgan fingerprint density at radius 2 is 2.04 bits per heavy atom. The number of hydrogen-bond donors (Lipinski definition) is 1. The number of nitrogens with two attached hydrogens (primary N) is 1. The van der Waals surface area contributed by atoms with Crippen LogP contribution in [0.15, 0.2) is 29.4 Å². The summed E-state index contributed by atoms with van der Waals surface area (Å²) in [7, 11) is 0. The van der Waals surface area contributed by atoms with Gasteiger partial charge in [-0.2, -0.15) is 0 Å². The molecule has 7 heteroatoms. The lowest BCUT2D eigenvalue weighted by molar-refractivity contribution is -0.117. The summed E-state index contributed by atoms with van der Waals surface area (Å²) in [6.45, 7) is 1.79. The number of primary amides is 1. The van der Waals surface area contributed by atoms with Gasteiger partial charge in [-0.25, -0.2) is 0 Å². The van der Waals surface area contributed by atoms with Crippen molar-refractivity contribution in [2.45, 2.75) is 49.1 Å². The summed E-state index contributed by atoms with van der Waals surface area (Å²) in [4.78, 5) is 11.4. The van der Waals surface area contributed by atoms with Gasteiger partial charge in [0.15, 0.2) is 11.0 Å². The summed E-state index contributed by atoms with van der Waals surface area (Å²) < 4.78 is 2.14. The number of thioether (sulfide) groups is 1. The predicted molar refractivity (Wildman–Crippen MR) is 92.5 cm³/mol. The Morgan fingerprint density at radius 3 is 2.70 bits per heavy atom. The van der Waals surface area contributed by atoms with Gasteiger partial charge in [0.1, 0.15) is 0 Å². The van der Waals surface area contributed by atoms with Crippen molar-refractivity contribution in [1.82, 2.24) is 14.8 Å². The molecule has 1 aliphatic carbocycles. The maximum atomic E-state index is 11.4. The molecule has 5 nitrogen and oxygen atoms in total. The topological polar surface area (TPSA) is 73.8 Å². The Hall–Kier alpha value is -1.53. The molecule has 2 aromatic rings. The normalized spacial score (nSPS) is 16.6. The maximum absolute atomic E-state index is 11.4. The zero-order valence-electron chi connectivity index (χ0n) is 12.9. The van der Waals surface area contributed by atoms with Crippen LogP contribution in [0.5, 0.6) is 0 Å². The Labute approximate surface area is 144 Å². The van der Waals surface area contributed by atoms with E-state index >= 15 is 0 Å². The fraction of sp³-hybridized carbons (Fsp3) is 0.438. The lowest BCUT2D eigenvalue weighted by Gasteiger charge is -2.18. The van der Waals surface area contributed by atoms with E-state index in [9.17, 15) is 4.79 Å². The number of carbonyl (C=O) groups excluding carboxylic acids is 1. The first kappa shape index (κ1) is 16.3. The van der Waals surface area contributed by atoms with Gasteiger partial charge in [-0.3, -0.25) is 9.36 Å². The van der Waals surface area contributed by atoms with Gasteiger partial charge in [-0.15, -0.1) is 10.2 Å². The van der Waals surface area contributed by atoms with Crippen LogP contribution >= 0.6 is 23.4 Å². The summed E-state index contributed by atoms with van der Waals surface area (Å²) in [5.74, 6) is 0.414. The van der Waals surface area contributed by atoms with Crippen LogP contribution < -0.4 is 5.73 Å². The standard InChI is InChI=1S/C16H19ClN4OS/c1-10(14(18)22)23-16-20-19-15(12-8-4-5-9-13(12)17)21(16)11-6-2-3-7-11/h4-5,8-11H,2-3,6-7H2,1H3,(H2,18,22). The van der Waals surface area contributed by atoms with E-state index in [4.69, 9.17) is 17.3 Å². The van der Waals surface area contributed by atoms with Crippen molar-refractivity contribution in [3.63, 3.8) is 0 Å². The Bertz CT molecular complexity index is 712. The number of aromatic nitrogens is 3.